The van der Waals surface area contributed by atoms with Gasteiger partial charge in [0, 0.05) is 13.0 Å². The molecule has 0 rings (SSSR count). The van der Waals surface area contributed by atoms with E-state index in [9.17, 15) is 4.79 Å². The molecule has 0 aromatic heterocycles. The minimum atomic E-state index is -0.332. The predicted octanol–water partition coefficient (Wildman–Crippen LogP) is -0.689. The highest BCUT2D eigenvalue weighted by Crippen LogP contribution is 1.91. The molecule has 0 aliphatic carbocycles. The molecule has 0 amide bonds. The quantitative estimate of drug-likeness (QED) is 0.393. The molecule has 0 bridgehead atoms. The Morgan fingerprint density at radius 2 is 1.85 bits per heavy atom. The van der Waals surface area contributed by atoms with E-state index in [4.69, 9.17) is 19.7 Å². The highest BCUT2D eigenvalue weighted by molar-refractivity contribution is 5.69. The largest absolute Gasteiger partial charge is 0.463 e. The van der Waals surface area contributed by atoms with Gasteiger partial charge in [-0.1, -0.05) is 0 Å². The summed E-state index contributed by atoms with van der Waals surface area (Å²) in [6.07, 6.45) is 0.660. The summed E-state index contributed by atoms with van der Waals surface area (Å²) < 4.78 is 9.60. The molecule has 13 heavy (non-hydrogen) atoms. The van der Waals surface area contributed by atoms with E-state index in [1.807, 2.05) is 0 Å². The van der Waals surface area contributed by atoms with Gasteiger partial charge in [-0.2, -0.15) is 0 Å². The zero-order chi connectivity index (χ0) is 9.94. The minimum Gasteiger partial charge on any atom is -0.463 e. The van der Waals surface area contributed by atoms with Gasteiger partial charge < -0.3 is 19.7 Å². The molecule has 78 valence electrons. The van der Waals surface area contributed by atoms with Crippen LogP contribution in [0.15, 0.2) is 0 Å². The van der Waals surface area contributed by atoms with Gasteiger partial charge in [-0.15, -0.1) is 0 Å². The van der Waals surface area contributed by atoms with Gasteiger partial charge in [-0.3, -0.25) is 4.79 Å². The Balaban J connectivity index is 3.08. The van der Waals surface area contributed by atoms with E-state index in [1.54, 1.807) is 0 Å². The Kier molecular flexibility index (Phi) is 8.97. The van der Waals surface area contributed by atoms with E-state index in [0.717, 1.165) is 0 Å². The van der Waals surface area contributed by atoms with Gasteiger partial charge >= 0.3 is 5.97 Å². The second-order valence-electron chi connectivity index (χ2n) is 2.38. The number of aliphatic hydroxyl groups excluding tert-OH is 2. The first-order valence-electron chi connectivity index (χ1n) is 4.26. The van der Waals surface area contributed by atoms with Crippen LogP contribution in [0.4, 0.5) is 0 Å². The fourth-order valence-corrected chi connectivity index (χ4v) is 0.677. The molecule has 0 aromatic rings. The minimum absolute atomic E-state index is 0.00386. The SMILES string of the molecule is O=C(CCCO)OCCOCCO. The average Bonchev–Trinajstić information content (AvgIpc) is 2.14. The summed E-state index contributed by atoms with van der Waals surface area (Å²) >= 11 is 0. The fraction of sp³-hybridized carbons (Fsp3) is 0.875. The maximum absolute atomic E-state index is 10.8. The summed E-state index contributed by atoms with van der Waals surface area (Å²) in [4.78, 5) is 10.8. The number of ether oxygens (including phenoxy) is 2. The molecule has 5 heteroatoms. The van der Waals surface area contributed by atoms with Crippen LogP contribution in [0.1, 0.15) is 12.8 Å². The Morgan fingerprint density at radius 1 is 1.08 bits per heavy atom. The van der Waals surface area contributed by atoms with E-state index < -0.39 is 0 Å². The lowest BCUT2D eigenvalue weighted by molar-refractivity contribution is -0.145. The van der Waals surface area contributed by atoms with Crippen molar-refractivity contribution in [2.75, 3.05) is 33.0 Å². The second kappa shape index (κ2) is 9.44. The summed E-state index contributed by atoms with van der Waals surface area (Å²) in [5.74, 6) is -0.332. The Morgan fingerprint density at radius 3 is 2.46 bits per heavy atom. The van der Waals surface area contributed by atoms with Crippen LogP contribution in [0.3, 0.4) is 0 Å². The monoisotopic (exact) mass is 192 g/mol. The topological polar surface area (TPSA) is 76.0 Å². The molecule has 0 radical (unpaired) electrons. The Labute approximate surface area is 77.3 Å². The Hall–Kier alpha value is -0.650. The van der Waals surface area contributed by atoms with Crippen molar-refractivity contribution < 1.29 is 24.5 Å². The first-order chi connectivity index (χ1) is 6.31. The molecular weight excluding hydrogens is 176 g/mol. The van der Waals surface area contributed by atoms with Gasteiger partial charge in [0.15, 0.2) is 0 Å². The Bertz CT molecular complexity index is 126. The van der Waals surface area contributed by atoms with Crippen molar-refractivity contribution in [1.29, 1.82) is 0 Å². The summed E-state index contributed by atoms with van der Waals surface area (Å²) in [5.41, 5.74) is 0. The molecule has 0 saturated carbocycles. The maximum Gasteiger partial charge on any atom is 0.305 e. The predicted molar refractivity (Wildman–Crippen MR) is 45.2 cm³/mol. The zero-order valence-corrected chi connectivity index (χ0v) is 7.57. The molecule has 2 N–H and O–H groups in total. The van der Waals surface area contributed by atoms with Crippen LogP contribution in [0, 0.1) is 0 Å². The number of rotatable bonds is 8. The number of carbonyl (C=O) groups excluding carboxylic acids is 1. The number of carbonyl (C=O) groups is 1. The standard InChI is InChI=1S/C8H16O5/c9-3-1-2-8(11)13-7-6-12-5-4-10/h9-10H,1-7H2. The summed E-state index contributed by atoms with van der Waals surface area (Å²) in [7, 11) is 0. The molecule has 0 unspecified atom stereocenters. The van der Waals surface area contributed by atoms with Crippen LogP contribution in [-0.2, 0) is 14.3 Å². The first-order valence-corrected chi connectivity index (χ1v) is 4.26. The second-order valence-corrected chi connectivity index (χ2v) is 2.38. The molecule has 0 spiro atoms. The molecule has 5 nitrogen and oxygen atoms in total. The van der Waals surface area contributed by atoms with Crippen LogP contribution in [0.5, 0.6) is 0 Å². The van der Waals surface area contributed by atoms with E-state index in [1.165, 1.54) is 0 Å². The fourth-order valence-electron chi connectivity index (χ4n) is 0.677. The lowest BCUT2D eigenvalue weighted by Crippen LogP contribution is -2.12. The van der Waals surface area contributed by atoms with Gasteiger partial charge in [0.25, 0.3) is 0 Å². The highest BCUT2D eigenvalue weighted by atomic mass is 16.6. The van der Waals surface area contributed by atoms with Gasteiger partial charge in [0.2, 0.25) is 0 Å². The molecule has 0 saturated heterocycles. The smallest absolute Gasteiger partial charge is 0.305 e. The van der Waals surface area contributed by atoms with Gasteiger partial charge in [-0.05, 0) is 6.42 Å². The van der Waals surface area contributed by atoms with Crippen LogP contribution < -0.4 is 0 Å². The van der Waals surface area contributed by atoms with Gasteiger partial charge in [-0.25, -0.2) is 0 Å². The number of aliphatic hydroxyl groups is 2. The van der Waals surface area contributed by atoms with Crippen molar-refractivity contribution in [3.8, 4) is 0 Å². The van der Waals surface area contributed by atoms with Crippen LogP contribution in [0.2, 0.25) is 0 Å². The number of esters is 1. The van der Waals surface area contributed by atoms with Crippen molar-refractivity contribution in [3.05, 3.63) is 0 Å². The highest BCUT2D eigenvalue weighted by Gasteiger charge is 2.00. The molecule has 0 atom stereocenters. The summed E-state index contributed by atoms with van der Waals surface area (Å²) in [6, 6.07) is 0. The lowest BCUT2D eigenvalue weighted by atomic mass is 10.3. The van der Waals surface area contributed by atoms with Crippen molar-refractivity contribution >= 4 is 5.97 Å². The zero-order valence-electron chi connectivity index (χ0n) is 7.57. The number of hydrogen-bond donors (Lipinski definition) is 2. The molecule has 0 fully saturated rings. The lowest BCUT2D eigenvalue weighted by Gasteiger charge is -2.04. The number of hydrogen-bond acceptors (Lipinski definition) is 5. The van der Waals surface area contributed by atoms with Gasteiger partial charge in [0.05, 0.1) is 19.8 Å². The normalized spacial score (nSPS) is 10.0. The van der Waals surface area contributed by atoms with Crippen LogP contribution in [0.25, 0.3) is 0 Å². The van der Waals surface area contributed by atoms with E-state index >= 15 is 0 Å². The van der Waals surface area contributed by atoms with Crippen LogP contribution >= 0.6 is 0 Å². The summed E-state index contributed by atoms with van der Waals surface area (Å²) in [5, 5.41) is 16.7. The first kappa shape index (κ1) is 12.3. The van der Waals surface area contributed by atoms with Crippen molar-refractivity contribution in [2.24, 2.45) is 0 Å². The van der Waals surface area contributed by atoms with Crippen LogP contribution in [-0.4, -0.2) is 49.2 Å². The molecule has 0 aliphatic rings. The molecular formula is C8H16O5. The third-order valence-electron chi connectivity index (χ3n) is 1.27. The van der Waals surface area contributed by atoms with Crippen molar-refractivity contribution in [3.63, 3.8) is 0 Å². The van der Waals surface area contributed by atoms with Gasteiger partial charge in [0.1, 0.15) is 6.61 Å². The van der Waals surface area contributed by atoms with Crippen molar-refractivity contribution in [2.45, 2.75) is 12.8 Å². The molecule has 0 heterocycles. The average molecular weight is 192 g/mol. The third kappa shape index (κ3) is 9.26. The third-order valence-corrected chi connectivity index (χ3v) is 1.27. The maximum atomic E-state index is 10.8. The van der Waals surface area contributed by atoms with E-state index in [0.29, 0.717) is 13.0 Å². The van der Waals surface area contributed by atoms with Crippen molar-refractivity contribution in [1.82, 2.24) is 0 Å². The summed E-state index contributed by atoms with van der Waals surface area (Å²) in [6.45, 7) is 0.721. The van der Waals surface area contributed by atoms with E-state index in [-0.39, 0.29) is 38.8 Å². The van der Waals surface area contributed by atoms with E-state index in [2.05, 4.69) is 0 Å². The molecule has 0 aliphatic heterocycles. The molecule has 0 aromatic carbocycles.